The molecular weight excluding hydrogens is 222 g/mol. The number of pyridine rings is 1. The van der Waals surface area contributed by atoms with Crippen molar-refractivity contribution in [2.45, 2.75) is 6.92 Å². The summed E-state index contributed by atoms with van der Waals surface area (Å²) in [6, 6.07) is 1.82. The van der Waals surface area contributed by atoms with E-state index in [1.807, 2.05) is 11.4 Å². The number of hydrogen-bond donors (Lipinski definition) is 1. The number of fused-ring (bicyclic) bond motifs is 1. The molecule has 0 spiro atoms. The standard InChI is InChI=1S/C9H6ClNO2S/c1-4-6(9(12)13)7(10)8-5(11-4)2-3-14-8/h2-3H,1H3,(H,12,13). The highest BCUT2D eigenvalue weighted by Gasteiger charge is 2.17. The number of nitrogens with zero attached hydrogens (tertiary/aromatic N) is 1. The fraction of sp³-hybridized carbons (Fsp3) is 0.111. The van der Waals surface area contributed by atoms with Gasteiger partial charge in [-0.2, -0.15) is 0 Å². The molecule has 0 aliphatic rings. The molecule has 2 heterocycles. The van der Waals surface area contributed by atoms with Crippen LogP contribution in [-0.4, -0.2) is 16.1 Å². The molecule has 0 saturated carbocycles. The molecule has 3 nitrogen and oxygen atoms in total. The predicted molar refractivity (Wildman–Crippen MR) is 56.3 cm³/mol. The largest absolute Gasteiger partial charge is 0.478 e. The molecule has 0 atom stereocenters. The Bertz CT molecular complexity index is 521. The number of aromatic nitrogens is 1. The van der Waals surface area contributed by atoms with E-state index < -0.39 is 5.97 Å². The van der Waals surface area contributed by atoms with Gasteiger partial charge in [-0.1, -0.05) is 11.6 Å². The summed E-state index contributed by atoms with van der Waals surface area (Å²) in [5, 5.41) is 11.1. The van der Waals surface area contributed by atoms with Crippen molar-refractivity contribution in [3.8, 4) is 0 Å². The van der Waals surface area contributed by atoms with Crippen LogP contribution in [0.15, 0.2) is 11.4 Å². The summed E-state index contributed by atoms with van der Waals surface area (Å²) < 4.78 is 0.731. The topological polar surface area (TPSA) is 50.2 Å². The number of rotatable bonds is 1. The summed E-state index contributed by atoms with van der Waals surface area (Å²) >= 11 is 7.37. The van der Waals surface area contributed by atoms with Crippen molar-refractivity contribution in [1.29, 1.82) is 0 Å². The van der Waals surface area contributed by atoms with Crippen molar-refractivity contribution in [2.75, 3.05) is 0 Å². The molecule has 0 aliphatic heterocycles. The Kier molecular flexibility index (Phi) is 2.17. The third kappa shape index (κ3) is 1.27. The summed E-state index contributed by atoms with van der Waals surface area (Å²) in [5.74, 6) is -1.03. The van der Waals surface area contributed by atoms with Crippen LogP contribution in [0.1, 0.15) is 16.1 Å². The highest BCUT2D eigenvalue weighted by atomic mass is 35.5. The second-order valence-corrected chi connectivity index (χ2v) is 4.12. The molecule has 0 bridgehead atoms. The normalized spacial score (nSPS) is 10.7. The van der Waals surface area contributed by atoms with E-state index >= 15 is 0 Å². The fourth-order valence-corrected chi connectivity index (χ4v) is 2.53. The molecule has 2 rings (SSSR count). The van der Waals surface area contributed by atoms with Crippen molar-refractivity contribution in [3.63, 3.8) is 0 Å². The summed E-state index contributed by atoms with van der Waals surface area (Å²) in [7, 11) is 0. The highest BCUT2D eigenvalue weighted by molar-refractivity contribution is 7.17. The molecule has 1 N–H and O–H groups in total. The van der Waals surface area contributed by atoms with E-state index in [-0.39, 0.29) is 10.6 Å². The van der Waals surface area contributed by atoms with Gasteiger partial charge < -0.3 is 5.11 Å². The van der Waals surface area contributed by atoms with Crippen LogP contribution in [0.25, 0.3) is 10.2 Å². The first-order valence-electron chi connectivity index (χ1n) is 3.88. The molecule has 0 aromatic carbocycles. The molecule has 0 unspecified atom stereocenters. The van der Waals surface area contributed by atoms with E-state index in [2.05, 4.69) is 4.98 Å². The molecule has 2 aromatic rings. The molecule has 0 radical (unpaired) electrons. The van der Waals surface area contributed by atoms with Gasteiger partial charge in [-0.15, -0.1) is 11.3 Å². The van der Waals surface area contributed by atoms with E-state index in [4.69, 9.17) is 16.7 Å². The first-order valence-corrected chi connectivity index (χ1v) is 5.13. The first kappa shape index (κ1) is 9.43. The number of hydrogen-bond acceptors (Lipinski definition) is 3. The minimum atomic E-state index is -1.03. The Hall–Kier alpha value is -1.13. The Morgan fingerprint density at radius 2 is 2.36 bits per heavy atom. The lowest BCUT2D eigenvalue weighted by atomic mass is 10.2. The molecule has 5 heteroatoms. The first-order chi connectivity index (χ1) is 6.61. The van der Waals surface area contributed by atoms with E-state index in [1.165, 1.54) is 11.3 Å². The van der Waals surface area contributed by atoms with Crippen molar-refractivity contribution in [3.05, 3.63) is 27.7 Å². The van der Waals surface area contributed by atoms with Gasteiger partial charge in [0.05, 0.1) is 20.9 Å². The van der Waals surface area contributed by atoms with Gasteiger partial charge in [0, 0.05) is 0 Å². The summed E-state index contributed by atoms with van der Waals surface area (Å²) in [6.45, 7) is 1.65. The van der Waals surface area contributed by atoms with Gasteiger partial charge in [-0.3, -0.25) is 4.98 Å². The highest BCUT2D eigenvalue weighted by Crippen LogP contribution is 2.31. The third-order valence-electron chi connectivity index (χ3n) is 1.93. The minimum Gasteiger partial charge on any atom is -0.478 e. The van der Waals surface area contributed by atoms with Crippen LogP contribution in [-0.2, 0) is 0 Å². The van der Waals surface area contributed by atoms with Crippen molar-refractivity contribution < 1.29 is 9.90 Å². The number of carboxylic acids is 1. The van der Waals surface area contributed by atoms with E-state index in [0.29, 0.717) is 5.69 Å². The third-order valence-corrected chi connectivity index (χ3v) is 3.34. The Morgan fingerprint density at radius 1 is 1.64 bits per heavy atom. The van der Waals surface area contributed by atoms with Crippen LogP contribution in [0.3, 0.4) is 0 Å². The number of halogens is 1. The molecule has 72 valence electrons. The molecule has 2 aromatic heterocycles. The second kappa shape index (κ2) is 3.22. The van der Waals surface area contributed by atoms with Gasteiger partial charge in [0.25, 0.3) is 0 Å². The lowest BCUT2D eigenvalue weighted by Crippen LogP contribution is -2.02. The molecule has 14 heavy (non-hydrogen) atoms. The second-order valence-electron chi connectivity index (χ2n) is 2.83. The zero-order chi connectivity index (χ0) is 10.3. The van der Waals surface area contributed by atoms with Gasteiger partial charge in [0.2, 0.25) is 0 Å². The van der Waals surface area contributed by atoms with Gasteiger partial charge >= 0.3 is 5.97 Å². The summed E-state index contributed by atoms with van der Waals surface area (Å²) in [6.07, 6.45) is 0. The number of carboxylic acid groups (broad SMARTS) is 1. The Morgan fingerprint density at radius 3 is 3.00 bits per heavy atom. The maximum absolute atomic E-state index is 10.9. The summed E-state index contributed by atoms with van der Waals surface area (Å²) in [5.41, 5.74) is 1.30. The fourth-order valence-electron chi connectivity index (χ4n) is 1.31. The van der Waals surface area contributed by atoms with Crippen LogP contribution in [0.2, 0.25) is 5.02 Å². The number of carbonyl (C=O) groups is 1. The van der Waals surface area contributed by atoms with Crippen molar-refractivity contribution in [2.24, 2.45) is 0 Å². The van der Waals surface area contributed by atoms with E-state index in [1.54, 1.807) is 6.92 Å². The van der Waals surface area contributed by atoms with Gasteiger partial charge in [0.1, 0.15) is 5.56 Å². The van der Waals surface area contributed by atoms with Crippen LogP contribution in [0.4, 0.5) is 0 Å². The molecule has 0 saturated heterocycles. The van der Waals surface area contributed by atoms with Gasteiger partial charge in [-0.25, -0.2) is 4.79 Å². The minimum absolute atomic E-state index is 0.0987. The number of thiophene rings is 1. The average Bonchev–Trinajstić information content (AvgIpc) is 2.50. The number of aromatic carboxylic acids is 1. The maximum Gasteiger partial charge on any atom is 0.339 e. The van der Waals surface area contributed by atoms with E-state index in [0.717, 1.165) is 10.2 Å². The maximum atomic E-state index is 10.9. The van der Waals surface area contributed by atoms with Crippen LogP contribution < -0.4 is 0 Å². The molecular formula is C9H6ClNO2S. The zero-order valence-corrected chi connectivity index (χ0v) is 8.82. The van der Waals surface area contributed by atoms with Crippen LogP contribution in [0.5, 0.6) is 0 Å². The zero-order valence-electron chi connectivity index (χ0n) is 7.24. The van der Waals surface area contributed by atoms with Crippen LogP contribution in [0, 0.1) is 6.92 Å². The van der Waals surface area contributed by atoms with E-state index in [9.17, 15) is 4.79 Å². The molecule has 0 fully saturated rings. The predicted octanol–water partition coefficient (Wildman–Crippen LogP) is 2.96. The smallest absolute Gasteiger partial charge is 0.339 e. The average molecular weight is 228 g/mol. The SMILES string of the molecule is Cc1nc2ccsc2c(Cl)c1C(=O)O. The lowest BCUT2D eigenvalue weighted by Gasteiger charge is -2.03. The molecule has 0 amide bonds. The lowest BCUT2D eigenvalue weighted by molar-refractivity contribution is 0.0696. The van der Waals surface area contributed by atoms with Gasteiger partial charge in [0.15, 0.2) is 0 Å². The monoisotopic (exact) mass is 227 g/mol. The Balaban J connectivity index is 2.89. The van der Waals surface area contributed by atoms with Gasteiger partial charge in [-0.05, 0) is 18.4 Å². The number of aryl methyl sites for hydroxylation is 1. The van der Waals surface area contributed by atoms with Crippen molar-refractivity contribution in [1.82, 2.24) is 4.98 Å². The Labute approximate surface area is 89.0 Å². The summed E-state index contributed by atoms with van der Waals surface area (Å²) in [4.78, 5) is 15.1. The molecule has 0 aliphatic carbocycles. The quantitative estimate of drug-likeness (QED) is 0.815. The van der Waals surface area contributed by atoms with Crippen molar-refractivity contribution >= 4 is 39.1 Å². The van der Waals surface area contributed by atoms with Crippen LogP contribution >= 0.6 is 22.9 Å².